The predicted octanol–water partition coefficient (Wildman–Crippen LogP) is 4.62. The third kappa shape index (κ3) is 5.39. The molecule has 0 spiro atoms. The van der Waals surface area contributed by atoms with E-state index >= 15 is 0 Å². The van der Waals surface area contributed by atoms with E-state index in [-0.39, 0.29) is 6.04 Å². The van der Waals surface area contributed by atoms with Crippen LogP contribution in [0.25, 0.3) is 0 Å². The second-order valence-corrected chi connectivity index (χ2v) is 5.56. The molecular weight excluding hydrogens is 236 g/mol. The molecule has 0 heterocycles. The van der Waals surface area contributed by atoms with E-state index in [1.807, 2.05) is 38.1 Å². The van der Waals surface area contributed by atoms with Crippen molar-refractivity contribution in [2.45, 2.75) is 59.7 Å². The van der Waals surface area contributed by atoms with Crippen LogP contribution in [0.5, 0.6) is 0 Å². The molecule has 0 aliphatic carbocycles. The molecule has 0 aliphatic heterocycles. The first-order valence-corrected chi connectivity index (χ1v) is 6.96. The molecule has 0 bridgehead atoms. The summed E-state index contributed by atoms with van der Waals surface area (Å²) >= 11 is 0. The van der Waals surface area contributed by atoms with E-state index in [1.165, 1.54) is 0 Å². The van der Waals surface area contributed by atoms with Gasteiger partial charge in [0.2, 0.25) is 0 Å². The van der Waals surface area contributed by atoms with E-state index in [1.54, 1.807) is 0 Å². The van der Waals surface area contributed by atoms with Crippen LogP contribution in [-0.4, -0.2) is 23.1 Å². The first kappa shape index (κ1) is 15.6. The highest BCUT2D eigenvalue weighted by Gasteiger charge is 2.12. The standard InChI is InChI=1S/C15H26N4/c1-11(2)16-17-14-7-9-15(10-8-14)18-19(12(3)4)13(5)6/h7-13,18H,1-6H3. The molecule has 1 aromatic carbocycles. The average molecular weight is 262 g/mol. The molecule has 19 heavy (non-hydrogen) atoms. The molecule has 4 heteroatoms. The van der Waals surface area contributed by atoms with Gasteiger partial charge in [-0.1, -0.05) is 0 Å². The molecule has 1 N–H and O–H groups in total. The van der Waals surface area contributed by atoms with Gasteiger partial charge in [-0.05, 0) is 65.8 Å². The van der Waals surface area contributed by atoms with E-state index in [0.29, 0.717) is 12.1 Å². The number of nitrogens with one attached hydrogen (secondary N) is 1. The van der Waals surface area contributed by atoms with Crippen molar-refractivity contribution in [3.05, 3.63) is 24.3 Å². The summed E-state index contributed by atoms with van der Waals surface area (Å²) in [6.45, 7) is 12.7. The van der Waals surface area contributed by atoms with E-state index in [4.69, 9.17) is 0 Å². The third-order valence-electron chi connectivity index (χ3n) is 2.64. The van der Waals surface area contributed by atoms with Gasteiger partial charge in [0.05, 0.1) is 11.7 Å². The fourth-order valence-electron chi connectivity index (χ4n) is 1.79. The number of anilines is 1. The van der Waals surface area contributed by atoms with Crippen LogP contribution in [-0.2, 0) is 0 Å². The Morgan fingerprint density at radius 1 is 0.895 bits per heavy atom. The summed E-state index contributed by atoms with van der Waals surface area (Å²) in [4.78, 5) is 0. The number of benzene rings is 1. The molecule has 0 aromatic heterocycles. The molecule has 0 aliphatic rings. The van der Waals surface area contributed by atoms with Crippen LogP contribution >= 0.6 is 0 Å². The Kier molecular flexibility index (Phi) is 5.96. The van der Waals surface area contributed by atoms with Gasteiger partial charge in [-0.2, -0.15) is 10.2 Å². The molecule has 4 nitrogen and oxygen atoms in total. The van der Waals surface area contributed by atoms with Gasteiger partial charge in [0.15, 0.2) is 0 Å². The van der Waals surface area contributed by atoms with E-state index < -0.39 is 0 Å². The second kappa shape index (κ2) is 7.24. The number of hydrogen-bond donors (Lipinski definition) is 1. The van der Waals surface area contributed by atoms with Crippen LogP contribution < -0.4 is 5.43 Å². The lowest BCUT2D eigenvalue weighted by Gasteiger charge is -2.31. The van der Waals surface area contributed by atoms with Crippen molar-refractivity contribution in [1.82, 2.24) is 5.01 Å². The van der Waals surface area contributed by atoms with Crippen molar-refractivity contribution in [3.8, 4) is 0 Å². The first-order chi connectivity index (χ1) is 8.90. The Morgan fingerprint density at radius 3 is 1.84 bits per heavy atom. The summed E-state index contributed by atoms with van der Waals surface area (Å²) < 4.78 is 0. The normalized spacial score (nSPS) is 12.3. The minimum absolute atomic E-state index is 0.232. The first-order valence-electron chi connectivity index (χ1n) is 6.96. The molecule has 0 saturated carbocycles. The van der Waals surface area contributed by atoms with Crippen LogP contribution in [0, 0.1) is 0 Å². The summed E-state index contributed by atoms with van der Waals surface area (Å²) in [5, 5.41) is 10.5. The molecule has 0 saturated heterocycles. The Bertz CT molecular complexity index is 385. The largest absolute Gasteiger partial charge is 0.318 e. The molecule has 0 fully saturated rings. The van der Waals surface area contributed by atoms with E-state index in [2.05, 4.69) is 48.4 Å². The maximum absolute atomic E-state index is 4.18. The average Bonchev–Trinajstić information content (AvgIpc) is 2.34. The lowest BCUT2D eigenvalue weighted by Crippen LogP contribution is -2.41. The van der Waals surface area contributed by atoms with Crippen LogP contribution in [0.1, 0.15) is 41.5 Å². The fourth-order valence-corrected chi connectivity index (χ4v) is 1.79. The summed E-state index contributed by atoms with van der Waals surface area (Å²) in [5.74, 6) is 0. The van der Waals surface area contributed by atoms with Crippen LogP contribution in [0.2, 0.25) is 0 Å². The third-order valence-corrected chi connectivity index (χ3v) is 2.64. The Morgan fingerprint density at radius 2 is 1.42 bits per heavy atom. The highest BCUT2D eigenvalue weighted by molar-refractivity contribution is 5.50. The molecule has 1 aromatic rings. The zero-order chi connectivity index (χ0) is 14.4. The van der Waals surface area contributed by atoms with Gasteiger partial charge < -0.3 is 5.43 Å². The number of nitrogens with zero attached hydrogens (tertiary/aromatic N) is 3. The molecule has 0 atom stereocenters. The monoisotopic (exact) mass is 262 g/mol. The van der Waals surface area contributed by atoms with Crippen molar-refractivity contribution in [2.24, 2.45) is 10.2 Å². The van der Waals surface area contributed by atoms with E-state index in [0.717, 1.165) is 11.4 Å². The van der Waals surface area contributed by atoms with E-state index in [9.17, 15) is 0 Å². The number of rotatable bonds is 6. The summed E-state index contributed by atoms with van der Waals surface area (Å²) in [5.41, 5.74) is 5.39. The molecule has 0 amide bonds. The Hall–Kier alpha value is -1.42. The second-order valence-electron chi connectivity index (χ2n) is 5.56. The van der Waals surface area contributed by atoms with Gasteiger partial charge in [-0.25, -0.2) is 5.01 Å². The molecule has 0 unspecified atom stereocenters. The van der Waals surface area contributed by atoms with Crippen LogP contribution in [0.15, 0.2) is 34.5 Å². The Labute approximate surface area is 116 Å². The summed E-state index contributed by atoms with van der Waals surface area (Å²) in [6, 6.07) is 9.15. The van der Waals surface area contributed by atoms with Crippen molar-refractivity contribution in [1.29, 1.82) is 0 Å². The Balaban J connectivity index is 2.71. The highest BCUT2D eigenvalue weighted by Crippen LogP contribution is 2.18. The van der Waals surface area contributed by atoms with Gasteiger partial charge in [-0.3, -0.25) is 0 Å². The topological polar surface area (TPSA) is 40.0 Å². The number of azo groups is 1. The van der Waals surface area contributed by atoms with Crippen molar-refractivity contribution in [3.63, 3.8) is 0 Å². The van der Waals surface area contributed by atoms with Crippen LogP contribution in [0.3, 0.4) is 0 Å². The molecule has 1 rings (SSSR count). The number of hydrogen-bond acceptors (Lipinski definition) is 4. The molecular formula is C15H26N4. The lowest BCUT2D eigenvalue weighted by atomic mass is 10.2. The van der Waals surface area contributed by atoms with Crippen molar-refractivity contribution < 1.29 is 0 Å². The minimum atomic E-state index is 0.232. The minimum Gasteiger partial charge on any atom is -0.318 e. The number of hydrazine groups is 1. The maximum atomic E-state index is 4.18. The summed E-state index contributed by atoms with van der Waals surface area (Å²) in [7, 11) is 0. The lowest BCUT2D eigenvalue weighted by molar-refractivity contribution is 0.218. The quantitative estimate of drug-likeness (QED) is 0.600. The SMILES string of the molecule is CC(C)N=Nc1ccc(NN(C(C)C)C(C)C)cc1. The van der Waals surface area contributed by atoms with Gasteiger partial charge in [0.1, 0.15) is 0 Å². The van der Waals surface area contributed by atoms with Gasteiger partial charge in [0.25, 0.3) is 0 Å². The predicted molar refractivity (Wildman–Crippen MR) is 81.8 cm³/mol. The fraction of sp³-hybridized carbons (Fsp3) is 0.600. The maximum Gasteiger partial charge on any atom is 0.0854 e. The smallest absolute Gasteiger partial charge is 0.0854 e. The highest BCUT2D eigenvalue weighted by atomic mass is 15.5. The van der Waals surface area contributed by atoms with Crippen molar-refractivity contribution >= 4 is 11.4 Å². The zero-order valence-electron chi connectivity index (χ0n) is 12.9. The zero-order valence-corrected chi connectivity index (χ0v) is 12.9. The van der Waals surface area contributed by atoms with Crippen LogP contribution in [0.4, 0.5) is 11.4 Å². The molecule has 0 radical (unpaired) electrons. The van der Waals surface area contributed by atoms with Crippen molar-refractivity contribution in [2.75, 3.05) is 5.43 Å². The molecule has 106 valence electrons. The van der Waals surface area contributed by atoms with Gasteiger partial charge in [0, 0.05) is 17.8 Å². The van der Waals surface area contributed by atoms with Gasteiger partial charge in [-0.15, -0.1) is 0 Å². The van der Waals surface area contributed by atoms with Gasteiger partial charge >= 0.3 is 0 Å². The summed E-state index contributed by atoms with van der Waals surface area (Å²) in [6.07, 6.45) is 0.